The number of fused-ring (bicyclic) bond motifs is 1. The summed E-state index contributed by atoms with van der Waals surface area (Å²) >= 11 is 0. The van der Waals surface area contributed by atoms with Crippen molar-refractivity contribution in [1.29, 1.82) is 0 Å². The number of aromatic nitrogens is 2. The lowest BCUT2D eigenvalue weighted by molar-refractivity contribution is 0.184. The number of hydrogen-bond donors (Lipinski definition) is 1. The van der Waals surface area contributed by atoms with Crippen molar-refractivity contribution in [1.82, 2.24) is 9.97 Å². The molecule has 6 heteroatoms. The van der Waals surface area contributed by atoms with Crippen molar-refractivity contribution in [2.24, 2.45) is 17.1 Å². The van der Waals surface area contributed by atoms with Crippen LogP contribution in [0.3, 0.4) is 0 Å². The first-order valence-electron chi connectivity index (χ1n) is 8.82. The van der Waals surface area contributed by atoms with Crippen molar-refractivity contribution in [2.75, 3.05) is 38.8 Å². The van der Waals surface area contributed by atoms with Gasteiger partial charge in [0.1, 0.15) is 12.1 Å². The summed E-state index contributed by atoms with van der Waals surface area (Å²) in [7, 11) is 3.28. The van der Waals surface area contributed by atoms with Crippen molar-refractivity contribution in [2.45, 2.75) is 26.7 Å². The molecule has 0 radical (unpaired) electrons. The van der Waals surface area contributed by atoms with E-state index in [0.29, 0.717) is 17.4 Å². The van der Waals surface area contributed by atoms with Gasteiger partial charge in [0.2, 0.25) is 0 Å². The van der Waals surface area contributed by atoms with Gasteiger partial charge >= 0.3 is 0 Å². The molecule has 1 saturated heterocycles. The van der Waals surface area contributed by atoms with Crippen LogP contribution in [-0.4, -0.2) is 43.8 Å². The number of piperidine rings is 1. The molecule has 0 unspecified atom stereocenters. The molecule has 1 aliphatic rings. The Hall–Kier alpha value is -2.08. The molecular formula is C19H28N4O2. The predicted molar refractivity (Wildman–Crippen MR) is 100 cm³/mol. The van der Waals surface area contributed by atoms with Gasteiger partial charge in [-0.15, -0.1) is 0 Å². The summed E-state index contributed by atoms with van der Waals surface area (Å²) < 4.78 is 10.8. The number of benzene rings is 1. The smallest absolute Gasteiger partial charge is 0.162 e. The first-order chi connectivity index (χ1) is 12.0. The Bertz CT molecular complexity index is 740. The molecule has 1 aromatic heterocycles. The van der Waals surface area contributed by atoms with E-state index in [9.17, 15) is 0 Å². The molecule has 0 aliphatic carbocycles. The minimum atomic E-state index is 0.191. The maximum Gasteiger partial charge on any atom is 0.162 e. The highest BCUT2D eigenvalue weighted by atomic mass is 16.5. The highest BCUT2D eigenvalue weighted by Gasteiger charge is 2.32. The van der Waals surface area contributed by atoms with Crippen LogP contribution in [0.2, 0.25) is 0 Å². The SMILES string of the molecule is COc1cc2ncnc(N3CCC(C(C)(C)CN)CC3)c2cc1OC. The van der Waals surface area contributed by atoms with Crippen LogP contribution in [0, 0.1) is 11.3 Å². The first kappa shape index (κ1) is 17.7. The van der Waals surface area contributed by atoms with Gasteiger partial charge in [-0.2, -0.15) is 0 Å². The summed E-state index contributed by atoms with van der Waals surface area (Å²) in [5.74, 6) is 3.00. The molecule has 0 spiro atoms. The number of nitrogens with zero attached hydrogens (tertiary/aromatic N) is 3. The first-order valence-corrected chi connectivity index (χ1v) is 8.82. The quantitative estimate of drug-likeness (QED) is 0.899. The zero-order valence-electron chi connectivity index (χ0n) is 15.6. The van der Waals surface area contributed by atoms with Gasteiger partial charge in [-0.05, 0) is 36.8 Å². The Morgan fingerprint density at radius 3 is 2.36 bits per heavy atom. The van der Waals surface area contributed by atoms with E-state index < -0.39 is 0 Å². The molecule has 2 aromatic rings. The number of methoxy groups -OCH3 is 2. The van der Waals surface area contributed by atoms with E-state index in [4.69, 9.17) is 15.2 Å². The fourth-order valence-electron chi connectivity index (χ4n) is 3.66. The van der Waals surface area contributed by atoms with Gasteiger partial charge in [0.25, 0.3) is 0 Å². The average molecular weight is 344 g/mol. The highest BCUT2D eigenvalue weighted by Crippen LogP contribution is 2.38. The number of anilines is 1. The van der Waals surface area contributed by atoms with Crippen molar-refractivity contribution in [3.05, 3.63) is 18.5 Å². The van der Waals surface area contributed by atoms with Crippen LogP contribution in [-0.2, 0) is 0 Å². The van der Waals surface area contributed by atoms with Gasteiger partial charge in [0.15, 0.2) is 11.5 Å². The van der Waals surface area contributed by atoms with Gasteiger partial charge in [-0.25, -0.2) is 9.97 Å². The number of nitrogens with two attached hydrogens (primary N) is 1. The third kappa shape index (κ3) is 3.35. The molecule has 6 nitrogen and oxygen atoms in total. The summed E-state index contributed by atoms with van der Waals surface area (Å²) in [4.78, 5) is 11.3. The monoisotopic (exact) mass is 344 g/mol. The van der Waals surface area contributed by atoms with Crippen molar-refractivity contribution >= 4 is 16.7 Å². The van der Waals surface area contributed by atoms with Crippen LogP contribution in [0.5, 0.6) is 11.5 Å². The number of ether oxygens (including phenoxy) is 2. The average Bonchev–Trinajstić information content (AvgIpc) is 2.66. The molecule has 2 heterocycles. The van der Waals surface area contributed by atoms with Gasteiger partial charge in [-0.1, -0.05) is 13.8 Å². The molecule has 3 rings (SSSR count). The maximum atomic E-state index is 5.96. The molecule has 1 aromatic carbocycles. The second kappa shape index (κ2) is 7.04. The van der Waals surface area contributed by atoms with E-state index in [1.54, 1.807) is 20.5 Å². The summed E-state index contributed by atoms with van der Waals surface area (Å²) in [6.07, 6.45) is 3.88. The third-order valence-electron chi connectivity index (χ3n) is 5.55. The molecule has 2 N–H and O–H groups in total. The van der Waals surface area contributed by atoms with Crippen LogP contribution in [0.4, 0.5) is 5.82 Å². The van der Waals surface area contributed by atoms with Gasteiger partial charge in [0.05, 0.1) is 19.7 Å². The van der Waals surface area contributed by atoms with Gasteiger partial charge < -0.3 is 20.1 Å². The minimum absolute atomic E-state index is 0.191. The molecule has 136 valence electrons. The zero-order valence-corrected chi connectivity index (χ0v) is 15.6. The van der Waals surface area contributed by atoms with E-state index in [1.807, 2.05) is 12.1 Å². The fraction of sp³-hybridized carbons (Fsp3) is 0.579. The topological polar surface area (TPSA) is 73.5 Å². The second-order valence-electron chi connectivity index (χ2n) is 7.38. The molecule has 0 saturated carbocycles. The summed E-state index contributed by atoms with van der Waals surface area (Å²) in [5.41, 5.74) is 7.02. The molecule has 25 heavy (non-hydrogen) atoms. The lowest BCUT2D eigenvalue weighted by Gasteiger charge is -2.40. The van der Waals surface area contributed by atoms with E-state index in [0.717, 1.165) is 49.2 Å². The predicted octanol–water partition coefficient (Wildman–Crippen LogP) is 2.85. The van der Waals surface area contributed by atoms with E-state index in [2.05, 4.69) is 28.7 Å². The summed E-state index contributed by atoms with van der Waals surface area (Å²) in [6.45, 7) is 7.23. The second-order valence-corrected chi connectivity index (χ2v) is 7.38. The van der Waals surface area contributed by atoms with E-state index >= 15 is 0 Å². The Labute approximate surface area is 149 Å². The van der Waals surface area contributed by atoms with Crippen LogP contribution in [0.25, 0.3) is 10.9 Å². The lowest BCUT2D eigenvalue weighted by atomic mass is 9.74. The van der Waals surface area contributed by atoms with Crippen LogP contribution >= 0.6 is 0 Å². The number of rotatable bonds is 5. The lowest BCUT2D eigenvalue weighted by Crippen LogP contribution is -2.42. The van der Waals surface area contributed by atoms with Gasteiger partial charge in [-0.3, -0.25) is 0 Å². The molecule has 1 aliphatic heterocycles. The maximum absolute atomic E-state index is 5.96. The largest absolute Gasteiger partial charge is 0.493 e. The molecular weight excluding hydrogens is 316 g/mol. The Morgan fingerprint density at radius 1 is 1.12 bits per heavy atom. The van der Waals surface area contributed by atoms with Crippen molar-refractivity contribution < 1.29 is 9.47 Å². The van der Waals surface area contributed by atoms with Crippen molar-refractivity contribution in [3.8, 4) is 11.5 Å². The molecule has 0 bridgehead atoms. The van der Waals surface area contributed by atoms with Crippen LogP contribution < -0.4 is 20.1 Å². The standard InChI is InChI=1S/C19H28N4O2/c1-19(2,11-20)13-5-7-23(8-6-13)18-14-9-16(24-3)17(25-4)10-15(14)21-12-22-18/h9-10,12-13H,5-8,11,20H2,1-4H3. The summed E-state index contributed by atoms with van der Waals surface area (Å²) in [6, 6.07) is 3.88. The Balaban J connectivity index is 1.90. The van der Waals surface area contributed by atoms with E-state index in [-0.39, 0.29) is 5.41 Å². The third-order valence-corrected chi connectivity index (χ3v) is 5.55. The zero-order chi connectivity index (χ0) is 18.0. The summed E-state index contributed by atoms with van der Waals surface area (Å²) in [5, 5.41) is 0.997. The Morgan fingerprint density at radius 2 is 1.76 bits per heavy atom. The van der Waals surface area contributed by atoms with Crippen molar-refractivity contribution in [3.63, 3.8) is 0 Å². The molecule has 1 fully saturated rings. The molecule has 0 amide bonds. The normalized spacial score (nSPS) is 16.3. The van der Waals surface area contributed by atoms with Crippen LogP contribution in [0.15, 0.2) is 18.5 Å². The molecule has 0 atom stereocenters. The fourth-order valence-corrected chi connectivity index (χ4v) is 3.66. The van der Waals surface area contributed by atoms with Crippen LogP contribution in [0.1, 0.15) is 26.7 Å². The van der Waals surface area contributed by atoms with Gasteiger partial charge in [0, 0.05) is 24.5 Å². The highest BCUT2D eigenvalue weighted by molar-refractivity contribution is 5.92. The van der Waals surface area contributed by atoms with E-state index in [1.165, 1.54) is 0 Å². The Kier molecular flexibility index (Phi) is 4.99. The minimum Gasteiger partial charge on any atom is -0.493 e. The number of hydrogen-bond acceptors (Lipinski definition) is 6.